The van der Waals surface area contributed by atoms with Crippen LogP contribution in [-0.2, 0) is 4.79 Å². The quantitative estimate of drug-likeness (QED) is 0.337. The monoisotopic (exact) mass is 440 g/mol. The normalized spacial score (nSPS) is 10.4. The van der Waals surface area contributed by atoms with E-state index in [0.29, 0.717) is 18.8 Å². The number of nitrogens with zero attached hydrogens (tertiary/aromatic N) is 4. The maximum atomic E-state index is 13.2. The number of likely N-dealkylation sites (N-methyl/N-ethyl adjacent to an activating group) is 2. The van der Waals surface area contributed by atoms with Gasteiger partial charge in [-0.1, -0.05) is 18.2 Å². The third-order valence-electron chi connectivity index (χ3n) is 5.15. The Balaban J connectivity index is 2.38. The minimum atomic E-state index is -0.546. The van der Waals surface area contributed by atoms with E-state index >= 15 is 0 Å². The fourth-order valence-electron chi connectivity index (χ4n) is 3.37. The number of amides is 2. The van der Waals surface area contributed by atoms with Crippen LogP contribution in [0.15, 0.2) is 42.5 Å². The van der Waals surface area contributed by atoms with Gasteiger partial charge in [0.15, 0.2) is 5.78 Å². The maximum Gasteiger partial charge on any atom is 0.293 e. The number of rotatable bonds is 9. The van der Waals surface area contributed by atoms with Crippen LogP contribution in [0, 0.1) is 10.1 Å². The standard InChI is InChI=1S/C23H28N4O5/c1-6-26(7-2)21(28)15-25(5)23(30)18-11-9-8-10-17(18)22(29)16-12-13-19(24(3)4)20(14-16)27(31)32/h8-14H,6-7,15H2,1-5H3. The van der Waals surface area contributed by atoms with E-state index in [1.165, 1.54) is 42.3 Å². The Morgan fingerprint density at radius 1 is 0.938 bits per heavy atom. The van der Waals surface area contributed by atoms with Crippen molar-refractivity contribution in [3.8, 4) is 0 Å². The summed E-state index contributed by atoms with van der Waals surface area (Å²) in [4.78, 5) is 54.0. The van der Waals surface area contributed by atoms with Crippen LogP contribution in [0.25, 0.3) is 0 Å². The first-order chi connectivity index (χ1) is 15.1. The van der Waals surface area contributed by atoms with Gasteiger partial charge >= 0.3 is 0 Å². The second-order valence-electron chi connectivity index (χ2n) is 7.46. The van der Waals surface area contributed by atoms with Crippen LogP contribution in [0.4, 0.5) is 11.4 Å². The van der Waals surface area contributed by atoms with Gasteiger partial charge in [0.1, 0.15) is 5.69 Å². The summed E-state index contributed by atoms with van der Waals surface area (Å²) in [7, 11) is 4.85. The van der Waals surface area contributed by atoms with Crippen LogP contribution in [-0.4, -0.2) is 73.1 Å². The third kappa shape index (κ3) is 5.29. The second kappa shape index (κ2) is 10.5. The van der Waals surface area contributed by atoms with Gasteiger partial charge in [-0.25, -0.2) is 0 Å². The summed E-state index contributed by atoms with van der Waals surface area (Å²) in [6.45, 7) is 4.67. The zero-order valence-electron chi connectivity index (χ0n) is 19.0. The van der Waals surface area contributed by atoms with Crippen molar-refractivity contribution in [2.75, 3.05) is 45.7 Å². The summed E-state index contributed by atoms with van der Waals surface area (Å²) in [6, 6.07) is 10.5. The van der Waals surface area contributed by atoms with Crippen molar-refractivity contribution < 1.29 is 19.3 Å². The Kier molecular flexibility index (Phi) is 8.06. The number of anilines is 1. The Labute approximate surface area is 187 Å². The molecule has 0 radical (unpaired) electrons. The lowest BCUT2D eigenvalue weighted by Gasteiger charge is -2.23. The van der Waals surface area contributed by atoms with E-state index < -0.39 is 16.6 Å². The van der Waals surface area contributed by atoms with Gasteiger partial charge in [-0.3, -0.25) is 24.5 Å². The molecular weight excluding hydrogens is 412 g/mol. The molecule has 0 aliphatic rings. The van der Waals surface area contributed by atoms with Crippen molar-refractivity contribution in [1.29, 1.82) is 0 Å². The predicted molar refractivity (Wildman–Crippen MR) is 122 cm³/mol. The lowest BCUT2D eigenvalue weighted by atomic mass is 9.97. The van der Waals surface area contributed by atoms with Crippen LogP contribution in [0.5, 0.6) is 0 Å². The smallest absolute Gasteiger partial charge is 0.293 e. The summed E-state index contributed by atoms with van der Waals surface area (Å²) < 4.78 is 0. The number of carbonyl (C=O) groups excluding carboxylic acids is 3. The maximum absolute atomic E-state index is 13.2. The summed E-state index contributed by atoms with van der Waals surface area (Å²) in [6.07, 6.45) is 0. The lowest BCUT2D eigenvalue weighted by molar-refractivity contribution is -0.384. The number of nitro benzene ring substituents is 1. The summed E-state index contributed by atoms with van der Waals surface area (Å²) in [5.74, 6) is -1.18. The minimum absolute atomic E-state index is 0.101. The molecule has 0 saturated carbocycles. The molecule has 2 rings (SSSR count). The van der Waals surface area contributed by atoms with Gasteiger partial charge in [0.2, 0.25) is 5.91 Å². The fourth-order valence-corrected chi connectivity index (χ4v) is 3.37. The number of hydrogen-bond donors (Lipinski definition) is 0. The van der Waals surface area contributed by atoms with E-state index in [9.17, 15) is 24.5 Å². The first kappa shape index (κ1) is 24.5. The molecule has 32 heavy (non-hydrogen) atoms. The van der Waals surface area contributed by atoms with Crippen LogP contribution in [0.2, 0.25) is 0 Å². The Bertz CT molecular complexity index is 1030. The first-order valence-corrected chi connectivity index (χ1v) is 10.2. The van der Waals surface area contributed by atoms with E-state index in [2.05, 4.69) is 0 Å². The molecule has 0 heterocycles. The molecule has 0 saturated heterocycles. The van der Waals surface area contributed by atoms with E-state index in [1.54, 1.807) is 36.0 Å². The third-order valence-corrected chi connectivity index (χ3v) is 5.15. The highest BCUT2D eigenvalue weighted by molar-refractivity contribution is 6.15. The highest BCUT2D eigenvalue weighted by Crippen LogP contribution is 2.29. The predicted octanol–water partition coefficient (Wildman–Crippen LogP) is 2.83. The molecule has 0 aliphatic heterocycles. The van der Waals surface area contributed by atoms with Gasteiger partial charge in [-0.05, 0) is 32.0 Å². The minimum Gasteiger partial charge on any atom is -0.372 e. The van der Waals surface area contributed by atoms with Crippen LogP contribution in [0.1, 0.15) is 40.1 Å². The molecule has 9 nitrogen and oxygen atoms in total. The molecule has 0 spiro atoms. The van der Waals surface area contributed by atoms with Crippen molar-refractivity contribution in [1.82, 2.24) is 9.80 Å². The van der Waals surface area contributed by atoms with Crippen molar-refractivity contribution in [2.24, 2.45) is 0 Å². The van der Waals surface area contributed by atoms with E-state index in [-0.39, 0.29) is 34.8 Å². The highest BCUT2D eigenvalue weighted by Gasteiger charge is 2.25. The van der Waals surface area contributed by atoms with Crippen LogP contribution in [0.3, 0.4) is 0 Å². The first-order valence-electron chi connectivity index (χ1n) is 10.2. The molecule has 0 fully saturated rings. The SMILES string of the molecule is CCN(CC)C(=O)CN(C)C(=O)c1ccccc1C(=O)c1ccc(N(C)C)c([N+](=O)[O-])c1. The van der Waals surface area contributed by atoms with Crippen molar-refractivity contribution >= 4 is 29.0 Å². The Morgan fingerprint density at radius 2 is 1.53 bits per heavy atom. The van der Waals surface area contributed by atoms with Crippen molar-refractivity contribution in [3.63, 3.8) is 0 Å². The molecule has 0 aromatic heterocycles. The average molecular weight is 441 g/mol. The molecule has 2 aromatic carbocycles. The van der Waals surface area contributed by atoms with Gasteiger partial charge < -0.3 is 14.7 Å². The van der Waals surface area contributed by atoms with E-state index in [1.807, 2.05) is 13.8 Å². The number of hydrogen-bond acceptors (Lipinski definition) is 6. The van der Waals surface area contributed by atoms with Gasteiger partial charge in [-0.15, -0.1) is 0 Å². The molecule has 0 aliphatic carbocycles. The summed E-state index contributed by atoms with van der Waals surface area (Å²) in [5, 5.41) is 11.5. The van der Waals surface area contributed by atoms with E-state index in [4.69, 9.17) is 0 Å². The molecule has 0 N–H and O–H groups in total. The second-order valence-corrected chi connectivity index (χ2v) is 7.46. The lowest BCUT2D eigenvalue weighted by Crippen LogP contribution is -2.41. The Hall–Kier alpha value is -3.75. The molecule has 9 heteroatoms. The zero-order valence-corrected chi connectivity index (χ0v) is 19.0. The number of ketones is 1. The van der Waals surface area contributed by atoms with Crippen LogP contribution >= 0.6 is 0 Å². The van der Waals surface area contributed by atoms with Gasteiger partial charge in [0.05, 0.1) is 17.0 Å². The largest absolute Gasteiger partial charge is 0.372 e. The van der Waals surface area contributed by atoms with Crippen LogP contribution < -0.4 is 4.90 Å². The van der Waals surface area contributed by atoms with Crippen molar-refractivity contribution in [3.05, 3.63) is 69.3 Å². The summed E-state index contributed by atoms with van der Waals surface area (Å²) in [5.41, 5.74) is 0.514. The van der Waals surface area contributed by atoms with Crippen molar-refractivity contribution in [2.45, 2.75) is 13.8 Å². The Morgan fingerprint density at radius 3 is 2.06 bits per heavy atom. The number of carbonyl (C=O) groups is 3. The molecule has 170 valence electrons. The fraction of sp³-hybridized carbons (Fsp3) is 0.348. The molecular formula is C23H28N4O5. The van der Waals surface area contributed by atoms with Gasteiger partial charge in [-0.2, -0.15) is 0 Å². The topological polar surface area (TPSA) is 104 Å². The average Bonchev–Trinajstić information content (AvgIpc) is 2.78. The highest BCUT2D eigenvalue weighted by atomic mass is 16.6. The molecule has 0 bridgehead atoms. The molecule has 2 amide bonds. The number of benzene rings is 2. The van der Waals surface area contributed by atoms with Gasteiger partial charge in [0.25, 0.3) is 11.6 Å². The molecule has 2 aromatic rings. The zero-order chi connectivity index (χ0) is 24.0. The number of nitro groups is 1. The van der Waals surface area contributed by atoms with Gasteiger partial charge in [0, 0.05) is 51.4 Å². The summed E-state index contributed by atoms with van der Waals surface area (Å²) >= 11 is 0. The molecule has 0 unspecified atom stereocenters. The molecule has 0 atom stereocenters. The van der Waals surface area contributed by atoms with E-state index in [0.717, 1.165) is 0 Å².